The highest BCUT2D eigenvalue weighted by Gasteiger charge is 2.26. The monoisotopic (exact) mass is 479 g/mol. The Hall–Kier alpha value is -3.42. The van der Waals surface area contributed by atoms with E-state index in [9.17, 15) is 14.0 Å². The molecular weight excluding hydrogens is 461 g/mol. The summed E-state index contributed by atoms with van der Waals surface area (Å²) < 4.78 is 15.4. The Morgan fingerprint density at radius 1 is 1.06 bits per heavy atom. The first-order valence-electron chi connectivity index (χ1n) is 10.3. The van der Waals surface area contributed by atoms with Crippen LogP contribution < -0.4 is 10.2 Å². The van der Waals surface area contributed by atoms with Crippen LogP contribution in [-0.2, 0) is 13.1 Å². The van der Waals surface area contributed by atoms with Crippen LogP contribution in [0.4, 0.5) is 15.8 Å². The van der Waals surface area contributed by atoms with Gasteiger partial charge in [0.15, 0.2) is 0 Å². The van der Waals surface area contributed by atoms with Gasteiger partial charge in [0, 0.05) is 28.0 Å². The number of rotatable bonds is 3. The lowest BCUT2D eigenvalue weighted by Crippen LogP contribution is -2.30. The number of hydrogen-bond acceptors (Lipinski definition) is 3. The number of aryl methyl sites for hydroxylation is 1. The molecular formula is C25H19ClFN3O2S. The number of carbonyl (C=O) groups is 2. The fourth-order valence-corrected chi connectivity index (χ4v) is 5.15. The van der Waals surface area contributed by atoms with Gasteiger partial charge < -0.3 is 14.8 Å². The Kier molecular flexibility index (Phi) is 5.52. The van der Waals surface area contributed by atoms with Crippen molar-refractivity contribution in [2.24, 2.45) is 0 Å². The minimum Gasteiger partial charge on any atom is -0.344 e. The number of thiophene rings is 1. The number of carbonyl (C=O) groups excluding carboxylic acids is 2. The van der Waals surface area contributed by atoms with Gasteiger partial charge in [-0.15, -0.1) is 11.3 Å². The predicted octanol–water partition coefficient (Wildman–Crippen LogP) is 6.11. The largest absolute Gasteiger partial charge is 0.344 e. The molecule has 1 N–H and O–H groups in total. The SMILES string of the molecule is Cc1cc(NC(=O)c2ccc(F)cc2Cl)ccc1C(=O)N1Cc2cccn2Cc2sccc21. The van der Waals surface area contributed by atoms with Gasteiger partial charge in [-0.3, -0.25) is 9.59 Å². The maximum atomic E-state index is 13.6. The van der Waals surface area contributed by atoms with E-state index in [1.807, 2.05) is 41.6 Å². The first-order chi connectivity index (χ1) is 15.9. The second kappa shape index (κ2) is 8.50. The van der Waals surface area contributed by atoms with E-state index in [4.69, 9.17) is 11.6 Å². The summed E-state index contributed by atoms with van der Waals surface area (Å²) in [4.78, 5) is 29.1. The highest BCUT2D eigenvalue weighted by molar-refractivity contribution is 7.10. The van der Waals surface area contributed by atoms with Crippen LogP contribution in [0.25, 0.3) is 0 Å². The second-order valence-electron chi connectivity index (χ2n) is 7.86. The minimum atomic E-state index is -0.509. The molecule has 1 aliphatic heterocycles. The lowest BCUT2D eigenvalue weighted by Gasteiger charge is -2.22. The van der Waals surface area contributed by atoms with E-state index < -0.39 is 11.7 Å². The molecule has 0 saturated carbocycles. The minimum absolute atomic E-state index is 0.0356. The van der Waals surface area contributed by atoms with E-state index in [0.717, 1.165) is 34.4 Å². The molecule has 0 aliphatic carbocycles. The number of aromatic nitrogens is 1. The van der Waals surface area contributed by atoms with Crippen molar-refractivity contribution >= 4 is 46.1 Å². The maximum absolute atomic E-state index is 13.6. The average molecular weight is 480 g/mol. The zero-order valence-electron chi connectivity index (χ0n) is 17.6. The van der Waals surface area contributed by atoms with Gasteiger partial charge in [-0.05, 0) is 72.5 Å². The van der Waals surface area contributed by atoms with Crippen LogP contribution in [0.15, 0.2) is 66.2 Å². The van der Waals surface area contributed by atoms with Crippen molar-refractivity contribution < 1.29 is 14.0 Å². The Morgan fingerprint density at radius 2 is 1.88 bits per heavy atom. The molecule has 4 aromatic rings. The van der Waals surface area contributed by atoms with Gasteiger partial charge in [-0.1, -0.05) is 11.6 Å². The van der Waals surface area contributed by atoms with E-state index in [1.54, 1.807) is 29.5 Å². The normalized spacial score (nSPS) is 12.6. The number of anilines is 2. The summed E-state index contributed by atoms with van der Waals surface area (Å²) >= 11 is 7.63. The molecule has 0 fully saturated rings. The highest BCUT2D eigenvalue weighted by Crippen LogP contribution is 2.33. The molecule has 5 rings (SSSR count). The molecule has 2 aromatic carbocycles. The van der Waals surface area contributed by atoms with Crippen molar-refractivity contribution in [1.29, 1.82) is 0 Å². The van der Waals surface area contributed by atoms with Crippen LogP contribution in [0, 0.1) is 12.7 Å². The van der Waals surface area contributed by atoms with Crippen molar-refractivity contribution in [3.05, 3.63) is 104 Å². The number of nitrogens with one attached hydrogen (secondary N) is 1. The van der Waals surface area contributed by atoms with Gasteiger partial charge in [0.2, 0.25) is 0 Å². The van der Waals surface area contributed by atoms with Crippen molar-refractivity contribution in [2.45, 2.75) is 20.0 Å². The average Bonchev–Trinajstić information content (AvgIpc) is 3.39. The molecule has 0 unspecified atom stereocenters. The summed E-state index contributed by atoms with van der Waals surface area (Å²) in [5, 5.41) is 4.80. The molecule has 3 heterocycles. The molecule has 0 radical (unpaired) electrons. The van der Waals surface area contributed by atoms with Crippen LogP contribution in [0.2, 0.25) is 5.02 Å². The van der Waals surface area contributed by atoms with Crippen LogP contribution in [-0.4, -0.2) is 16.4 Å². The summed E-state index contributed by atoms with van der Waals surface area (Å²) in [6, 6.07) is 14.8. The van der Waals surface area contributed by atoms with Crippen molar-refractivity contribution in [1.82, 2.24) is 4.57 Å². The number of benzene rings is 2. The van der Waals surface area contributed by atoms with Crippen molar-refractivity contribution in [2.75, 3.05) is 10.2 Å². The standard InChI is InChI=1S/C25H19ClFN3O2S/c1-15-11-17(28-24(31)20-6-4-16(27)12-21(20)26)5-7-19(15)25(32)30-13-18-3-2-9-29(18)14-23-22(30)8-10-33-23/h2-12H,13-14H2,1H3,(H,28,31). The van der Waals surface area contributed by atoms with Crippen LogP contribution in [0.1, 0.15) is 36.9 Å². The Morgan fingerprint density at radius 3 is 2.67 bits per heavy atom. The van der Waals surface area contributed by atoms with Crippen LogP contribution >= 0.6 is 22.9 Å². The third kappa shape index (κ3) is 4.05. The zero-order valence-corrected chi connectivity index (χ0v) is 19.2. The van der Waals surface area contributed by atoms with E-state index in [0.29, 0.717) is 17.8 Å². The number of hydrogen-bond donors (Lipinski definition) is 1. The Labute approximate surface area is 199 Å². The summed E-state index contributed by atoms with van der Waals surface area (Å²) in [6.45, 7) is 3.06. The summed E-state index contributed by atoms with van der Waals surface area (Å²) in [7, 11) is 0. The zero-order chi connectivity index (χ0) is 23.1. The van der Waals surface area contributed by atoms with Gasteiger partial charge in [0.1, 0.15) is 5.82 Å². The van der Waals surface area contributed by atoms with Crippen LogP contribution in [0.5, 0.6) is 0 Å². The molecule has 5 nitrogen and oxygen atoms in total. The van der Waals surface area contributed by atoms with E-state index >= 15 is 0 Å². The molecule has 0 atom stereocenters. The Balaban J connectivity index is 1.41. The smallest absolute Gasteiger partial charge is 0.258 e. The summed E-state index contributed by atoms with van der Waals surface area (Å²) in [5.41, 5.74) is 3.99. The van der Waals surface area contributed by atoms with Crippen molar-refractivity contribution in [3.63, 3.8) is 0 Å². The third-order valence-electron chi connectivity index (χ3n) is 5.71. The van der Waals surface area contributed by atoms with E-state index in [1.165, 1.54) is 12.1 Å². The predicted molar refractivity (Wildman–Crippen MR) is 129 cm³/mol. The fraction of sp³-hybridized carbons (Fsp3) is 0.120. The van der Waals surface area contributed by atoms with Gasteiger partial charge in [0.05, 0.1) is 29.4 Å². The molecule has 8 heteroatoms. The lowest BCUT2D eigenvalue weighted by molar-refractivity contribution is 0.0983. The lowest BCUT2D eigenvalue weighted by atomic mass is 10.1. The fourth-order valence-electron chi connectivity index (χ4n) is 4.02. The van der Waals surface area contributed by atoms with E-state index in [2.05, 4.69) is 9.88 Å². The molecule has 33 heavy (non-hydrogen) atoms. The number of nitrogens with zero attached hydrogens (tertiary/aromatic N) is 2. The summed E-state index contributed by atoms with van der Waals surface area (Å²) in [6.07, 6.45) is 2.03. The van der Waals surface area contributed by atoms with Crippen molar-refractivity contribution in [3.8, 4) is 0 Å². The first kappa shape index (κ1) is 21.4. The third-order valence-corrected chi connectivity index (χ3v) is 6.91. The molecule has 1 aliphatic rings. The van der Waals surface area contributed by atoms with Gasteiger partial charge in [0.25, 0.3) is 11.8 Å². The number of amides is 2. The first-order valence-corrected chi connectivity index (χ1v) is 11.6. The molecule has 0 saturated heterocycles. The second-order valence-corrected chi connectivity index (χ2v) is 9.26. The molecule has 2 aromatic heterocycles. The summed E-state index contributed by atoms with van der Waals surface area (Å²) in [5.74, 6) is -1.05. The number of fused-ring (bicyclic) bond motifs is 2. The highest BCUT2D eigenvalue weighted by atomic mass is 35.5. The molecule has 0 bridgehead atoms. The topological polar surface area (TPSA) is 54.3 Å². The van der Waals surface area contributed by atoms with E-state index in [-0.39, 0.29) is 16.5 Å². The Bertz CT molecular complexity index is 1390. The molecule has 0 spiro atoms. The van der Waals surface area contributed by atoms with Gasteiger partial charge in [-0.2, -0.15) is 0 Å². The molecule has 2 amide bonds. The van der Waals surface area contributed by atoms with Gasteiger partial charge in [-0.25, -0.2) is 4.39 Å². The number of halogens is 2. The maximum Gasteiger partial charge on any atom is 0.258 e. The quantitative estimate of drug-likeness (QED) is 0.385. The van der Waals surface area contributed by atoms with Gasteiger partial charge >= 0.3 is 0 Å². The molecule has 166 valence electrons. The van der Waals surface area contributed by atoms with Crippen LogP contribution in [0.3, 0.4) is 0 Å².